The van der Waals surface area contributed by atoms with Crippen LogP contribution in [-0.4, -0.2) is 44.4 Å². The van der Waals surface area contributed by atoms with Gasteiger partial charge in [-0.15, -0.1) is 0 Å². The summed E-state index contributed by atoms with van der Waals surface area (Å²) >= 11 is 7.00. The number of aliphatic imine (C=N–C) groups is 1. The second kappa shape index (κ2) is 6.73. The fourth-order valence-corrected chi connectivity index (χ4v) is 4.62. The van der Waals surface area contributed by atoms with E-state index in [9.17, 15) is 8.78 Å². The summed E-state index contributed by atoms with van der Waals surface area (Å²) in [6.45, 7) is 3.45. The molecule has 6 nitrogen and oxygen atoms in total. The van der Waals surface area contributed by atoms with Gasteiger partial charge in [0.15, 0.2) is 11.0 Å². The summed E-state index contributed by atoms with van der Waals surface area (Å²) in [6, 6.07) is 0. The Balaban J connectivity index is 1.99. The van der Waals surface area contributed by atoms with Crippen LogP contribution in [-0.2, 0) is 5.67 Å². The summed E-state index contributed by atoms with van der Waals surface area (Å²) in [4.78, 5) is 15.2. The molecule has 0 amide bonds. The van der Waals surface area contributed by atoms with E-state index in [1.807, 2.05) is 4.90 Å². The second-order valence-electron chi connectivity index (χ2n) is 6.83. The average molecular weight is 399 g/mol. The number of hydrogen-bond acceptors (Lipinski definition) is 8. The minimum absolute atomic E-state index is 0.0685. The zero-order chi connectivity index (χ0) is 19.1. The maximum absolute atomic E-state index is 14.3. The lowest BCUT2D eigenvalue weighted by atomic mass is 9.85. The first kappa shape index (κ1) is 19.0. The highest BCUT2D eigenvalue weighted by Gasteiger charge is 2.51. The molecule has 1 aromatic heterocycles. The molecular formula is C16H20F2N6S2. The molecular weight excluding hydrogens is 378 g/mol. The molecule has 0 spiro atoms. The number of rotatable bonds is 4. The van der Waals surface area contributed by atoms with Crippen molar-refractivity contribution in [1.82, 2.24) is 9.97 Å². The van der Waals surface area contributed by atoms with Crippen molar-refractivity contribution in [3.63, 3.8) is 0 Å². The molecule has 0 aromatic carbocycles. The number of nitrogens with zero attached hydrogens (tertiary/aromatic N) is 4. The minimum atomic E-state index is -1.91. The Kier molecular flexibility index (Phi) is 4.91. The predicted octanol–water partition coefficient (Wildman–Crippen LogP) is 1.90. The fraction of sp³-hybridized carbons (Fsp3) is 0.500. The van der Waals surface area contributed by atoms with Gasteiger partial charge in [-0.1, -0.05) is 24.0 Å². The van der Waals surface area contributed by atoms with E-state index < -0.39 is 17.0 Å². The number of aromatic nitrogens is 2. The Morgan fingerprint density at radius 1 is 1.54 bits per heavy atom. The minimum Gasteiger partial charge on any atom is -0.405 e. The highest BCUT2D eigenvalue weighted by Crippen LogP contribution is 2.41. The molecule has 140 valence electrons. The molecule has 2 aliphatic heterocycles. The van der Waals surface area contributed by atoms with Gasteiger partial charge < -0.3 is 16.4 Å². The van der Waals surface area contributed by atoms with Crippen LogP contribution in [0.5, 0.6) is 0 Å². The van der Waals surface area contributed by atoms with Gasteiger partial charge in [-0.2, -0.15) is 0 Å². The number of anilines is 1. The van der Waals surface area contributed by atoms with Crippen LogP contribution >= 0.6 is 24.0 Å². The summed E-state index contributed by atoms with van der Waals surface area (Å²) in [5.74, 6) is 0.276. The highest BCUT2D eigenvalue weighted by atomic mass is 32.2. The Morgan fingerprint density at radius 2 is 2.27 bits per heavy atom. The van der Waals surface area contributed by atoms with Crippen LogP contribution in [0.2, 0.25) is 0 Å². The number of thiocarbonyl (C=S) groups is 1. The van der Waals surface area contributed by atoms with Gasteiger partial charge in [0.25, 0.3) is 0 Å². The lowest BCUT2D eigenvalue weighted by Crippen LogP contribution is -2.47. The molecule has 1 aromatic rings. The van der Waals surface area contributed by atoms with Gasteiger partial charge >= 0.3 is 0 Å². The van der Waals surface area contributed by atoms with E-state index in [4.69, 9.17) is 23.7 Å². The van der Waals surface area contributed by atoms with E-state index in [-0.39, 0.29) is 17.6 Å². The maximum Gasteiger partial charge on any atom is 0.225 e. The molecule has 10 heteroatoms. The van der Waals surface area contributed by atoms with E-state index in [0.717, 1.165) is 11.9 Å². The van der Waals surface area contributed by atoms with Crippen molar-refractivity contribution in [2.45, 2.75) is 25.1 Å². The van der Waals surface area contributed by atoms with Crippen molar-refractivity contribution in [2.24, 2.45) is 22.4 Å². The van der Waals surface area contributed by atoms with E-state index in [0.29, 0.717) is 23.1 Å². The molecule has 0 saturated carbocycles. The molecule has 3 rings (SSSR count). The first-order valence-corrected chi connectivity index (χ1v) is 9.44. The number of halogens is 2. The molecule has 0 radical (unpaired) electrons. The molecule has 0 aliphatic carbocycles. The van der Waals surface area contributed by atoms with E-state index >= 15 is 0 Å². The van der Waals surface area contributed by atoms with Crippen LogP contribution in [0.4, 0.5) is 14.7 Å². The first-order valence-electron chi connectivity index (χ1n) is 8.05. The smallest absolute Gasteiger partial charge is 0.225 e. The van der Waals surface area contributed by atoms with Gasteiger partial charge in [-0.25, -0.2) is 23.7 Å². The van der Waals surface area contributed by atoms with Gasteiger partial charge in [0.1, 0.15) is 16.9 Å². The molecule has 3 heterocycles. The van der Waals surface area contributed by atoms with Gasteiger partial charge in [0, 0.05) is 23.1 Å². The highest BCUT2D eigenvalue weighted by molar-refractivity contribution is 8.13. The number of alkyl halides is 1. The van der Waals surface area contributed by atoms with Gasteiger partial charge in [0.2, 0.25) is 5.95 Å². The summed E-state index contributed by atoms with van der Waals surface area (Å²) in [5.41, 5.74) is 8.55. The van der Waals surface area contributed by atoms with E-state index in [1.165, 1.54) is 31.8 Å². The lowest BCUT2D eigenvalue weighted by Gasteiger charge is -2.33. The largest absolute Gasteiger partial charge is 0.405 e. The Hall–Kier alpha value is -1.81. The van der Waals surface area contributed by atoms with Crippen molar-refractivity contribution < 1.29 is 8.78 Å². The summed E-state index contributed by atoms with van der Waals surface area (Å²) in [5, 5.41) is 0.460. The third kappa shape index (κ3) is 3.27. The van der Waals surface area contributed by atoms with Crippen LogP contribution < -0.4 is 16.4 Å². The monoisotopic (exact) mass is 398 g/mol. The molecule has 2 atom stereocenters. The Bertz CT molecular complexity index is 791. The number of amidine groups is 1. The Morgan fingerprint density at radius 3 is 2.92 bits per heavy atom. The molecule has 0 bridgehead atoms. The van der Waals surface area contributed by atoms with Gasteiger partial charge in [0.05, 0.1) is 12.7 Å². The second-order valence-corrected chi connectivity index (χ2v) is 8.31. The lowest BCUT2D eigenvalue weighted by molar-refractivity contribution is 0.205. The van der Waals surface area contributed by atoms with E-state index in [1.54, 1.807) is 6.08 Å². The molecule has 4 N–H and O–H groups in total. The molecule has 1 fully saturated rings. The zero-order valence-electron chi connectivity index (χ0n) is 14.4. The SMILES string of the molecule is CC(C)(F)c1nc(N2CC3CSC(N)=NC3(C(=S)/C=C\N)C2)ncc1F. The topological polar surface area (TPSA) is 93.4 Å². The summed E-state index contributed by atoms with van der Waals surface area (Å²) in [6.07, 6.45) is 4.01. The predicted molar refractivity (Wildman–Crippen MR) is 105 cm³/mol. The summed E-state index contributed by atoms with van der Waals surface area (Å²) in [7, 11) is 0. The number of thioether (sulfide) groups is 1. The van der Waals surface area contributed by atoms with Crippen molar-refractivity contribution >= 4 is 40.0 Å². The van der Waals surface area contributed by atoms with Crippen molar-refractivity contribution in [3.05, 3.63) is 30.0 Å². The van der Waals surface area contributed by atoms with Gasteiger partial charge in [-0.05, 0) is 26.1 Å². The normalized spacial score (nSPS) is 26.1. The van der Waals surface area contributed by atoms with Crippen LogP contribution in [0.1, 0.15) is 19.5 Å². The standard InChI is InChI=1S/C16H20F2N6S2/c1-15(2,18)12-10(17)5-21-14(22-12)24-6-9-7-26-13(20)23-16(9,8-24)11(25)3-4-19/h3-5,9H,6-8,19H2,1-2H3,(H2,20,23)/b4-3-. The molecule has 2 aliphatic rings. The number of nitrogens with two attached hydrogens (primary N) is 2. The van der Waals surface area contributed by atoms with Crippen molar-refractivity contribution in [1.29, 1.82) is 0 Å². The van der Waals surface area contributed by atoms with Crippen molar-refractivity contribution in [2.75, 3.05) is 23.7 Å². The third-order valence-corrected chi connectivity index (χ3v) is 5.99. The van der Waals surface area contributed by atoms with Gasteiger partial charge in [-0.3, -0.25) is 0 Å². The van der Waals surface area contributed by atoms with Crippen LogP contribution in [0.15, 0.2) is 23.5 Å². The molecule has 2 unspecified atom stereocenters. The quantitative estimate of drug-likeness (QED) is 0.591. The average Bonchev–Trinajstić information content (AvgIpc) is 2.94. The number of hydrogen-bond donors (Lipinski definition) is 2. The third-order valence-electron chi connectivity index (χ3n) is 4.54. The Labute approximate surface area is 160 Å². The maximum atomic E-state index is 14.3. The number of fused-ring (bicyclic) bond motifs is 1. The zero-order valence-corrected chi connectivity index (χ0v) is 16.1. The first-order chi connectivity index (χ1) is 12.2. The molecule has 1 saturated heterocycles. The van der Waals surface area contributed by atoms with Crippen LogP contribution in [0.25, 0.3) is 0 Å². The summed E-state index contributed by atoms with van der Waals surface area (Å²) < 4.78 is 28.2. The van der Waals surface area contributed by atoms with E-state index in [2.05, 4.69) is 15.0 Å². The fourth-order valence-electron chi connectivity index (χ4n) is 3.28. The van der Waals surface area contributed by atoms with Crippen LogP contribution in [0, 0.1) is 11.7 Å². The van der Waals surface area contributed by atoms with Crippen molar-refractivity contribution in [3.8, 4) is 0 Å². The molecule has 26 heavy (non-hydrogen) atoms. The van der Waals surface area contributed by atoms with Crippen LogP contribution in [0.3, 0.4) is 0 Å².